The van der Waals surface area contributed by atoms with E-state index in [1.165, 1.54) is 5.56 Å². The third-order valence-electron chi connectivity index (χ3n) is 3.19. The summed E-state index contributed by atoms with van der Waals surface area (Å²) in [6, 6.07) is 20.2. The quantitative estimate of drug-likeness (QED) is 0.799. The van der Waals surface area contributed by atoms with Crippen LogP contribution in [-0.4, -0.2) is 6.41 Å². The van der Waals surface area contributed by atoms with Crippen LogP contribution in [0.1, 0.15) is 18.1 Å². The van der Waals surface area contributed by atoms with Crippen molar-refractivity contribution < 1.29 is 4.79 Å². The van der Waals surface area contributed by atoms with Crippen LogP contribution in [0.2, 0.25) is 0 Å². The Balaban J connectivity index is 2.30. The topological polar surface area (TPSA) is 29.1 Å². The van der Waals surface area contributed by atoms with Gasteiger partial charge in [0.15, 0.2) is 0 Å². The van der Waals surface area contributed by atoms with Crippen molar-refractivity contribution in [3.8, 4) is 0 Å². The van der Waals surface area contributed by atoms with Crippen molar-refractivity contribution in [1.82, 2.24) is 5.32 Å². The largest absolute Gasteiger partial charge is 0.349 e. The van der Waals surface area contributed by atoms with Crippen LogP contribution in [0, 0.1) is 0 Å². The van der Waals surface area contributed by atoms with Gasteiger partial charge in [-0.3, -0.25) is 4.79 Å². The Morgan fingerprint density at radius 3 is 2.11 bits per heavy atom. The summed E-state index contributed by atoms with van der Waals surface area (Å²) in [5, 5.41) is 2.94. The number of benzene rings is 2. The molecule has 0 aliphatic carbocycles. The third kappa shape index (κ3) is 2.77. The average molecular weight is 239 g/mol. The third-order valence-corrected chi connectivity index (χ3v) is 3.19. The van der Waals surface area contributed by atoms with E-state index in [-0.39, 0.29) is 5.54 Å². The molecule has 0 saturated heterocycles. The van der Waals surface area contributed by atoms with Gasteiger partial charge >= 0.3 is 0 Å². The molecule has 18 heavy (non-hydrogen) atoms. The molecule has 0 heterocycles. The van der Waals surface area contributed by atoms with Crippen molar-refractivity contribution in [3.05, 3.63) is 71.8 Å². The molecule has 1 atom stereocenters. The molecule has 0 fully saturated rings. The fraction of sp³-hybridized carbons (Fsp3) is 0.188. The molecule has 0 aromatic heterocycles. The first-order valence-corrected chi connectivity index (χ1v) is 6.05. The fourth-order valence-electron chi connectivity index (χ4n) is 2.18. The number of nitrogens with one attached hydrogen (secondary N) is 1. The van der Waals surface area contributed by atoms with E-state index in [0.717, 1.165) is 18.4 Å². The molecule has 1 unspecified atom stereocenters. The standard InChI is InChI=1S/C16H17NO/c1-16(17-13-18,15-10-6-3-7-11-15)12-14-8-4-2-5-9-14/h2-11,13H,12H2,1H3,(H,17,18). The van der Waals surface area contributed by atoms with Crippen molar-refractivity contribution in [3.63, 3.8) is 0 Å². The molecular formula is C16H17NO. The number of hydrogen-bond acceptors (Lipinski definition) is 1. The van der Waals surface area contributed by atoms with Gasteiger partial charge in [-0.15, -0.1) is 0 Å². The minimum atomic E-state index is -0.371. The smallest absolute Gasteiger partial charge is 0.207 e. The van der Waals surface area contributed by atoms with Crippen molar-refractivity contribution in [2.75, 3.05) is 0 Å². The van der Waals surface area contributed by atoms with E-state index >= 15 is 0 Å². The van der Waals surface area contributed by atoms with Gasteiger partial charge in [0.05, 0.1) is 5.54 Å². The monoisotopic (exact) mass is 239 g/mol. The molecule has 2 aromatic carbocycles. The molecule has 1 amide bonds. The molecule has 0 spiro atoms. The maximum atomic E-state index is 10.9. The second-order valence-corrected chi connectivity index (χ2v) is 4.62. The van der Waals surface area contributed by atoms with E-state index in [9.17, 15) is 4.79 Å². The summed E-state index contributed by atoms with van der Waals surface area (Å²) in [6.07, 6.45) is 1.55. The molecule has 2 rings (SSSR count). The van der Waals surface area contributed by atoms with E-state index in [2.05, 4.69) is 17.4 Å². The summed E-state index contributed by atoms with van der Waals surface area (Å²) in [5.74, 6) is 0. The maximum absolute atomic E-state index is 10.9. The van der Waals surface area contributed by atoms with Crippen LogP contribution >= 0.6 is 0 Å². The van der Waals surface area contributed by atoms with Gasteiger partial charge in [-0.05, 0) is 24.5 Å². The number of carbonyl (C=O) groups excluding carboxylic acids is 1. The summed E-state index contributed by atoms with van der Waals surface area (Å²) in [6.45, 7) is 2.05. The van der Waals surface area contributed by atoms with Crippen LogP contribution in [0.15, 0.2) is 60.7 Å². The van der Waals surface area contributed by atoms with Gasteiger partial charge in [-0.2, -0.15) is 0 Å². The van der Waals surface area contributed by atoms with Crippen LogP contribution in [0.25, 0.3) is 0 Å². The lowest BCUT2D eigenvalue weighted by molar-refractivity contribution is -0.111. The maximum Gasteiger partial charge on any atom is 0.207 e. The molecule has 1 N–H and O–H groups in total. The lowest BCUT2D eigenvalue weighted by atomic mass is 9.86. The Labute approximate surface area is 108 Å². The van der Waals surface area contributed by atoms with Gasteiger partial charge in [0, 0.05) is 0 Å². The Hall–Kier alpha value is -2.09. The van der Waals surface area contributed by atoms with Gasteiger partial charge in [0.2, 0.25) is 6.41 Å². The van der Waals surface area contributed by atoms with Crippen LogP contribution < -0.4 is 5.32 Å². The number of rotatable bonds is 5. The summed E-state index contributed by atoms with van der Waals surface area (Å²) in [7, 11) is 0. The van der Waals surface area contributed by atoms with E-state index in [1.807, 2.05) is 55.5 Å². The first-order valence-electron chi connectivity index (χ1n) is 6.05. The SMILES string of the molecule is CC(Cc1ccccc1)(NC=O)c1ccccc1. The first kappa shape index (κ1) is 12.4. The predicted octanol–water partition coefficient (Wildman–Crippen LogP) is 2.89. The predicted molar refractivity (Wildman–Crippen MR) is 73.1 cm³/mol. The van der Waals surface area contributed by atoms with Gasteiger partial charge in [0.25, 0.3) is 0 Å². The van der Waals surface area contributed by atoms with E-state index in [4.69, 9.17) is 0 Å². The second-order valence-electron chi connectivity index (χ2n) is 4.62. The highest BCUT2D eigenvalue weighted by atomic mass is 16.1. The van der Waals surface area contributed by atoms with Crippen molar-refractivity contribution >= 4 is 6.41 Å². The Bertz CT molecular complexity index is 495. The molecule has 0 aliphatic rings. The van der Waals surface area contributed by atoms with Crippen molar-refractivity contribution in [1.29, 1.82) is 0 Å². The fourth-order valence-corrected chi connectivity index (χ4v) is 2.18. The van der Waals surface area contributed by atoms with E-state index < -0.39 is 0 Å². The number of hydrogen-bond donors (Lipinski definition) is 1. The highest BCUT2D eigenvalue weighted by Crippen LogP contribution is 2.24. The molecule has 0 bridgehead atoms. The first-order chi connectivity index (χ1) is 8.74. The van der Waals surface area contributed by atoms with Crippen LogP contribution in [0.3, 0.4) is 0 Å². The van der Waals surface area contributed by atoms with Crippen LogP contribution in [0.4, 0.5) is 0 Å². The molecule has 2 aromatic rings. The average Bonchev–Trinajstić information content (AvgIpc) is 2.41. The van der Waals surface area contributed by atoms with Gasteiger partial charge < -0.3 is 5.32 Å². The summed E-state index contributed by atoms with van der Waals surface area (Å²) < 4.78 is 0. The van der Waals surface area contributed by atoms with E-state index in [1.54, 1.807) is 0 Å². The van der Waals surface area contributed by atoms with Gasteiger partial charge in [0.1, 0.15) is 0 Å². The Morgan fingerprint density at radius 1 is 1.00 bits per heavy atom. The van der Waals surface area contributed by atoms with Crippen LogP contribution in [-0.2, 0) is 16.8 Å². The van der Waals surface area contributed by atoms with E-state index in [0.29, 0.717) is 0 Å². The molecular weight excluding hydrogens is 222 g/mol. The Morgan fingerprint density at radius 2 is 1.56 bits per heavy atom. The molecule has 92 valence electrons. The van der Waals surface area contributed by atoms with Gasteiger partial charge in [-0.1, -0.05) is 60.7 Å². The number of carbonyl (C=O) groups is 1. The molecule has 0 saturated carbocycles. The normalized spacial score (nSPS) is 13.6. The minimum absolute atomic E-state index is 0.371. The molecule has 2 nitrogen and oxygen atoms in total. The minimum Gasteiger partial charge on any atom is -0.349 e. The summed E-state index contributed by atoms with van der Waals surface area (Å²) in [5.41, 5.74) is 1.95. The highest BCUT2D eigenvalue weighted by Gasteiger charge is 2.25. The van der Waals surface area contributed by atoms with Crippen molar-refractivity contribution in [2.24, 2.45) is 0 Å². The highest BCUT2D eigenvalue weighted by molar-refractivity contribution is 5.50. The summed E-state index contributed by atoms with van der Waals surface area (Å²) >= 11 is 0. The molecule has 0 aliphatic heterocycles. The molecule has 2 heteroatoms. The second kappa shape index (κ2) is 5.50. The lowest BCUT2D eigenvalue weighted by Gasteiger charge is -2.30. The zero-order chi connectivity index (χ0) is 12.8. The van der Waals surface area contributed by atoms with Crippen LogP contribution in [0.5, 0.6) is 0 Å². The summed E-state index contributed by atoms with van der Waals surface area (Å²) in [4.78, 5) is 10.9. The van der Waals surface area contributed by atoms with Gasteiger partial charge in [-0.25, -0.2) is 0 Å². The lowest BCUT2D eigenvalue weighted by Crippen LogP contribution is -2.40. The van der Waals surface area contributed by atoms with Crippen molar-refractivity contribution in [2.45, 2.75) is 18.9 Å². The Kier molecular flexibility index (Phi) is 3.78. The number of amides is 1. The zero-order valence-electron chi connectivity index (χ0n) is 10.5. The zero-order valence-corrected chi connectivity index (χ0v) is 10.5. The molecule has 0 radical (unpaired) electrons.